The molecule has 2 aliphatic rings. The number of nitrogens with zero attached hydrogens (tertiary/aromatic N) is 3. The molecule has 1 saturated carbocycles. The van der Waals surface area contributed by atoms with Crippen molar-refractivity contribution in [1.29, 1.82) is 0 Å². The van der Waals surface area contributed by atoms with Crippen LogP contribution in [0.3, 0.4) is 0 Å². The van der Waals surface area contributed by atoms with Crippen molar-refractivity contribution in [3.8, 4) is 17.0 Å². The van der Waals surface area contributed by atoms with Gasteiger partial charge in [-0.05, 0) is 42.8 Å². The Kier molecular flexibility index (Phi) is 4.72. The molecule has 1 aliphatic heterocycles. The standard InChI is InChI=1S/C22H21F2N5O3/c1-10-15(8-28-21-20(10)26-2-3-32-21)14-4-11-5-17(27-9-16(11)19(25)18(14)24)29(22(30)31)13-6-12(23)7-13/h4-5,8-9,12-13,26H,2-3,6-7,25H2,1H3,(H,30,31)/t12-,13-. The van der Waals surface area contributed by atoms with Crippen molar-refractivity contribution in [2.24, 2.45) is 0 Å². The number of alkyl halides is 1. The lowest BCUT2D eigenvalue weighted by Crippen LogP contribution is -2.48. The second kappa shape index (κ2) is 7.47. The van der Waals surface area contributed by atoms with Crippen LogP contribution in [0.2, 0.25) is 0 Å². The number of hydrogen-bond acceptors (Lipinski definition) is 6. The largest absolute Gasteiger partial charge is 0.474 e. The third-order valence-electron chi connectivity index (χ3n) is 6.09. The number of nitrogen functional groups attached to an aromatic ring is 1. The van der Waals surface area contributed by atoms with Crippen molar-refractivity contribution < 1.29 is 23.4 Å². The van der Waals surface area contributed by atoms with E-state index in [0.29, 0.717) is 41.1 Å². The maximum atomic E-state index is 15.3. The molecule has 1 aliphatic carbocycles. The summed E-state index contributed by atoms with van der Waals surface area (Å²) in [4.78, 5) is 21.3. The van der Waals surface area contributed by atoms with Gasteiger partial charge in [0.05, 0.1) is 5.69 Å². The van der Waals surface area contributed by atoms with Crippen LogP contribution in [0.15, 0.2) is 24.5 Å². The topological polar surface area (TPSA) is 114 Å². The number of rotatable bonds is 3. The molecule has 166 valence electrons. The average molecular weight is 441 g/mol. The molecule has 0 radical (unpaired) electrons. The zero-order valence-electron chi connectivity index (χ0n) is 17.2. The first-order valence-electron chi connectivity index (χ1n) is 10.3. The number of carbonyl (C=O) groups is 1. The Morgan fingerprint density at radius 2 is 2.06 bits per heavy atom. The van der Waals surface area contributed by atoms with Gasteiger partial charge >= 0.3 is 6.09 Å². The van der Waals surface area contributed by atoms with Gasteiger partial charge < -0.3 is 20.9 Å². The Balaban J connectivity index is 1.64. The van der Waals surface area contributed by atoms with E-state index in [0.717, 1.165) is 10.5 Å². The van der Waals surface area contributed by atoms with Crippen LogP contribution in [-0.2, 0) is 0 Å². The molecule has 0 unspecified atom stereocenters. The minimum atomic E-state index is -1.22. The Hall–Kier alpha value is -3.69. The smallest absolute Gasteiger partial charge is 0.413 e. The molecule has 2 aromatic heterocycles. The van der Waals surface area contributed by atoms with Gasteiger partial charge in [0.25, 0.3) is 0 Å². The first kappa shape index (κ1) is 20.2. The van der Waals surface area contributed by atoms with Crippen LogP contribution >= 0.6 is 0 Å². The predicted octanol–water partition coefficient (Wildman–Crippen LogP) is 4.12. The van der Waals surface area contributed by atoms with Crippen LogP contribution < -0.4 is 20.7 Å². The Morgan fingerprint density at radius 3 is 2.78 bits per heavy atom. The van der Waals surface area contributed by atoms with Crippen LogP contribution in [0.4, 0.5) is 30.8 Å². The summed E-state index contributed by atoms with van der Waals surface area (Å²) < 4.78 is 34.2. The molecule has 1 amide bonds. The molecule has 8 nitrogen and oxygen atoms in total. The summed E-state index contributed by atoms with van der Waals surface area (Å²) in [7, 11) is 0. The lowest BCUT2D eigenvalue weighted by atomic mass is 9.89. The molecule has 32 heavy (non-hydrogen) atoms. The van der Waals surface area contributed by atoms with Crippen LogP contribution in [0.1, 0.15) is 18.4 Å². The Morgan fingerprint density at radius 1 is 1.28 bits per heavy atom. The third-order valence-corrected chi connectivity index (χ3v) is 6.09. The van der Waals surface area contributed by atoms with Gasteiger partial charge in [-0.1, -0.05) is 0 Å². The fourth-order valence-corrected chi connectivity index (χ4v) is 4.28. The van der Waals surface area contributed by atoms with Crippen molar-refractivity contribution in [3.05, 3.63) is 35.9 Å². The number of fused-ring (bicyclic) bond motifs is 2. The highest BCUT2D eigenvalue weighted by Gasteiger charge is 2.38. The second-order valence-electron chi connectivity index (χ2n) is 8.04. The van der Waals surface area contributed by atoms with E-state index in [4.69, 9.17) is 10.5 Å². The summed E-state index contributed by atoms with van der Waals surface area (Å²) in [6.45, 7) is 2.95. The summed E-state index contributed by atoms with van der Waals surface area (Å²) in [6.07, 6.45) is 0.893. The van der Waals surface area contributed by atoms with Crippen molar-refractivity contribution in [2.45, 2.75) is 32.0 Å². The molecular weight excluding hydrogens is 420 g/mol. The van der Waals surface area contributed by atoms with Gasteiger partial charge in [0.2, 0.25) is 5.88 Å². The monoisotopic (exact) mass is 441 g/mol. The summed E-state index contributed by atoms with van der Waals surface area (Å²) in [5, 5.41) is 13.8. The molecule has 3 aromatic rings. The van der Waals surface area contributed by atoms with E-state index in [-0.39, 0.29) is 29.9 Å². The van der Waals surface area contributed by atoms with Gasteiger partial charge in [0.1, 0.15) is 24.3 Å². The van der Waals surface area contributed by atoms with E-state index >= 15 is 4.39 Å². The zero-order valence-corrected chi connectivity index (χ0v) is 17.2. The first-order chi connectivity index (χ1) is 15.3. The molecule has 1 aromatic carbocycles. The molecule has 0 atom stereocenters. The minimum absolute atomic E-state index is 0.0905. The normalized spacial score (nSPS) is 19.5. The summed E-state index contributed by atoms with van der Waals surface area (Å²) in [6, 6.07) is 2.66. The van der Waals surface area contributed by atoms with Crippen molar-refractivity contribution in [3.63, 3.8) is 0 Å². The Bertz CT molecular complexity index is 1250. The van der Waals surface area contributed by atoms with Crippen molar-refractivity contribution in [2.75, 3.05) is 29.1 Å². The van der Waals surface area contributed by atoms with Crippen LogP contribution in [0, 0.1) is 12.7 Å². The highest BCUT2D eigenvalue weighted by Crippen LogP contribution is 2.40. The number of pyridine rings is 2. The fraction of sp³-hybridized carbons (Fsp3) is 0.318. The number of benzene rings is 1. The average Bonchev–Trinajstić information content (AvgIpc) is 2.76. The maximum absolute atomic E-state index is 15.3. The van der Waals surface area contributed by atoms with E-state index in [1.54, 1.807) is 6.07 Å². The predicted molar refractivity (Wildman–Crippen MR) is 116 cm³/mol. The molecule has 3 heterocycles. The number of nitrogens with two attached hydrogens (primary N) is 1. The molecule has 0 saturated heterocycles. The van der Waals surface area contributed by atoms with Gasteiger partial charge in [-0.15, -0.1) is 0 Å². The van der Waals surface area contributed by atoms with Gasteiger partial charge in [0, 0.05) is 41.5 Å². The van der Waals surface area contributed by atoms with Crippen LogP contribution in [0.5, 0.6) is 5.88 Å². The van der Waals surface area contributed by atoms with E-state index < -0.39 is 24.1 Å². The number of ether oxygens (including phenoxy) is 1. The number of anilines is 3. The number of amides is 1. The number of carboxylic acid groups (broad SMARTS) is 1. The van der Waals surface area contributed by atoms with E-state index in [9.17, 15) is 14.3 Å². The lowest BCUT2D eigenvalue weighted by Gasteiger charge is -2.37. The third kappa shape index (κ3) is 3.14. The van der Waals surface area contributed by atoms with E-state index in [1.165, 1.54) is 18.5 Å². The van der Waals surface area contributed by atoms with Gasteiger partial charge in [0.15, 0.2) is 5.82 Å². The van der Waals surface area contributed by atoms with E-state index in [2.05, 4.69) is 15.3 Å². The molecule has 4 N–H and O–H groups in total. The van der Waals surface area contributed by atoms with Crippen LogP contribution in [0.25, 0.3) is 21.9 Å². The van der Waals surface area contributed by atoms with Gasteiger partial charge in [-0.3, -0.25) is 4.90 Å². The number of nitrogens with one attached hydrogen (secondary N) is 1. The molecule has 10 heteroatoms. The van der Waals surface area contributed by atoms with Gasteiger partial charge in [-0.25, -0.2) is 23.5 Å². The minimum Gasteiger partial charge on any atom is -0.474 e. The quantitative estimate of drug-likeness (QED) is 0.524. The molecular formula is C22H21F2N5O3. The zero-order chi connectivity index (χ0) is 22.6. The molecule has 5 rings (SSSR count). The molecule has 0 spiro atoms. The lowest BCUT2D eigenvalue weighted by molar-refractivity contribution is 0.157. The number of aromatic nitrogens is 2. The van der Waals surface area contributed by atoms with Gasteiger partial charge in [-0.2, -0.15) is 0 Å². The second-order valence-corrected chi connectivity index (χ2v) is 8.04. The first-order valence-corrected chi connectivity index (χ1v) is 10.3. The van der Waals surface area contributed by atoms with Crippen LogP contribution in [-0.4, -0.2) is 46.5 Å². The highest BCUT2D eigenvalue weighted by atomic mass is 19.1. The maximum Gasteiger partial charge on any atom is 0.413 e. The summed E-state index contributed by atoms with van der Waals surface area (Å²) in [5.74, 6) is -0.000818. The summed E-state index contributed by atoms with van der Waals surface area (Å²) >= 11 is 0. The van der Waals surface area contributed by atoms with Crippen molar-refractivity contribution >= 4 is 34.1 Å². The fourth-order valence-electron chi connectivity index (χ4n) is 4.28. The molecule has 0 bridgehead atoms. The summed E-state index contributed by atoms with van der Waals surface area (Å²) in [5.41, 5.74) is 8.24. The number of halogens is 2. The Labute approximate surface area is 182 Å². The SMILES string of the molecule is Cc1c(-c2cc3cc(N(C(=O)O)[C@H]4C[C@H](F)C4)ncc3c(N)c2F)cnc2c1NCCO2. The molecule has 1 fully saturated rings. The highest BCUT2D eigenvalue weighted by molar-refractivity contribution is 5.99. The van der Waals surface area contributed by atoms with Crippen molar-refractivity contribution in [1.82, 2.24) is 9.97 Å². The van der Waals surface area contributed by atoms with E-state index in [1.807, 2.05) is 6.92 Å². The number of hydrogen-bond donors (Lipinski definition) is 3.